The molecule has 1 fully saturated rings. The van der Waals surface area contributed by atoms with E-state index in [1.54, 1.807) is 34.8 Å². The second-order valence-electron chi connectivity index (χ2n) is 13.6. The molecule has 7 rings (SSSR count). The van der Waals surface area contributed by atoms with Crippen LogP contribution in [0.1, 0.15) is 65.0 Å². The first-order valence-corrected chi connectivity index (χ1v) is 19.6. The van der Waals surface area contributed by atoms with Crippen molar-refractivity contribution in [3.05, 3.63) is 121 Å². The van der Waals surface area contributed by atoms with Crippen molar-refractivity contribution < 1.29 is 34.2 Å². The molecule has 0 saturated heterocycles. The molecule has 0 radical (unpaired) electrons. The average Bonchev–Trinajstić information content (AvgIpc) is 3.96. The number of nitrogens with zero attached hydrogens (tertiary/aromatic N) is 2. The molecule has 2 aromatic carbocycles. The number of aryl methyl sites for hydroxylation is 1. The van der Waals surface area contributed by atoms with Crippen LogP contribution in [0.4, 0.5) is 9.41 Å². The molecular weight excluding hydrogens is 735 g/mol. The van der Waals surface area contributed by atoms with E-state index in [2.05, 4.69) is 57.3 Å². The lowest BCUT2D eigenvalue weighted by Gasteiger charge is -2.34. The van der Waals surface area contributed by atoms with Gasteiger partial charge in [0.15, 0.2) is 0 Å². The number of hydrogen-bond acceptors (Lipinski definition) is 10. The topological polar surface area (TPSA) is 129 Å². The van der Waals surface area contributed by atoms with E-state index >= 15 is 0 Å². The summed E-state index contributed by atoms with van der Waals surface area (Å²) in [6.45, 7) is 2.83. The van der Waals surface area contributed by atoms with Gasteiger partial charge >= 0.3 is 5.97 Å². The number of aromatic nitrogens is 2. The number of aliphatic hydroxyl groups excluding tert-OH is 1. The zero-order chi connectivity index (χ0) is 36.0. The standard InChI is InChI=1S/C40H44N4O6S2.2FH/c1-43(28-8-10-29(11-9-28)49-50-40(48)38(35-5-2-21-51-35)36-6-3-22-52-36)18-4-19-44-20-17-27-23-26(7-14-32(27)44)24-41-25-34(46)30-12-15-33(45)39-31(30)13-16-37(47)42-39;;/h2-3,5-7,12-17,20-23,28-29,34,38,41,45-46H,4,8-11,18-19,24-25H2,1H3,(H,42,47);2*1H/t28?,29?,34-;;/m0../s1. The zero-order valence-corrected chi connectivity index (χ0v) is 31.5. The van der Waals surface area contributed by atoms with Crippen LogP contribution in [0, 0.1) is 0 Å². The van der Waals surface area contributed by atoms with Crippen LogP contribution in [0.25, 0.3) is 21.8 Å². The Balaban J connectivity index is 0.00000280. The number of aliphatic hydroxyl groups is 1. The molecule has 10 nitrogen and oxygen atoms in total. The zero-order valence-electron chi connectivity index (χ0n) is 29.9. The number of pyridine rings is 1. The Hall–Kier alpha value is -4.44. The number of aromatic hydroxyl groups is 1. The van der Waals surface area contributed by atoms with E-state index in [1.165, 1.54) is 23.0 Å². The lowest BCUT2D eigenvalue weighted by atomic mass is 9.92. The molecule has 6 aromatic rings. The monoisotopic (exact) mass is 780 g/mol. The van der Waals surface area contributed by atoms with Crippen molar-refractivity contribution in [2.24, 2.45) is 0 Å². The number of aromatic amines is 1. The number of phenols is 1. The van der Waals surface area contributed by atoms with E-state index in [4.69, 9.17) is 9.78 Å². The van der Waals surface area contributed by atoms with Crippen molar-refractivity contribution in [3.63, 3.8) is 0 Å². The third-order valence-corrected chi connectivity index (χ3v) is 12.0. The Morgan fingerprint density at radius 2 is 1.74 bits per heavy atom. The quantitative estimate of drug-likeness (QED) is 0.0628. The highest BCUT2D eigenvalue weighted by Gasteiger charge is 2.30. The number of nitrogens with one attached hydrogen (secondary N) is 2. The first kappa shape index (κ1) is 40.7. The molecule has 1 saturated carbocycles. The summed E-state index contributed by atoms with van der Waals surface area (Å²) in [4.78, 5) is 42.9. The van der Waals surface area contributed by atoms with Crippen molar-refractivity contribution >= 4 is 50.4 Å². The molecule has 4 aromatic heterocycles. The lowest BCUT2D eigenvalue weighted by molar-refractivity contribution is -0.303. The number of fused-ring (bicyclic) bond motifs is 2. The van der Waals surface area contributed by atoms with Crippen molar-refractivity contribution in [1.29, 1.82) is 0 Å². The molecule has 0 aliphatic heterocycles. The van der Waals surface area contributed by atoms with Crippen molar-refractivity contribution in [1.82, 2.24) is 19.8 Å². The highest BCUT2D eigenvalue weighted by Crippen LogP contribution is 2.34. The smallest absolute Gasteiger partial charge is 0.355 e. The maximum Gasteiger partial charge on any atom is 0.355 e. The van der Waals surface area contributed by atoms with E-state index in [-0.39, 0.29) is 32.8 Å². The molecule has 1 aliphatic carbocycles. The number of carbonyl (C=O) groups is 1. The van der Waals surface area contributed by atoms with Gasteiger partial charge in [-0.05, 0) is 115 Å². The molecule has 0 amide bonds. The minimum atomic E-state index is -0.809. The Morgan fingerprint density at radius 1 is 1.00 bits per heavy atom. The summed E-state index contributed by atoms with van der Waals surface area (Å²) in [7, 11) is 2.20. The van der Waals surface area contributed by atoms with Crippen molar-refractivity contribution in [2.75, 3.05) is 20.1 Å². The summed E-state index contributed by atoms with van der Waals surface area (Å²) < 4.78 is 2.31. The van der Waals surface area contributed by atoms with Crippen LogP contribution in [-0.4, -0.2) is 62.9 Å². The minimum absolute atomic E-state index is 0. The summed E-state index contributed by atoms with van der Waals surface area (Å²) in [6, 6.07) is 23.1. The van der Waals surface area contributed by atoms with Gasteiger partial charge in [-0.25, -0.2) is 4.79 Å². The molecule has 1 aliphatic rings. The first-order valence-electron chi connectivity index (χ1n) is 17.8. The molecule has 4 N–H and O–H groups in total. The number of rotatable bonds is 15. The Morgan fingerprint density at radius 3 is 2.44 bits per heavy atom. The van der Waals surface area contributed by atoms with Gasteiger partial charge in [-0.2, -0.15) is 4.89 Å². The number of phenolic OH excluding ortho intramolecular Hbond substituents is 1. The van der Waals surface area contributed by atoms with Gasteiger partial charge in [-0.3, -0.25) is 19.1 Å². The fraction of sp³-hybridized carbons (Fsp3) is 0.350. The number of carbonyl (C=O) groups excluding carboxylic acids is 1. The molecule has 14 heteroatoms. The van der Waals surface area contributed by atoms with Crippen LogP contribution in [0.2, 0.25) is 0 Å². The average molecular weight is 781 g/mol. The van der Waals surface area contributed by atoms with E-state index in [9.17, 15) is 19.8 Å². The van der Waals surface area contributed by atoms with E-state index < -0.39 is 12.0 Å². The number of hydrogen-bond donors (Lipinski definition) is 4. The second kappa shape index (κ2) is 18.7. The highest BCUT2D eigenvalue weighted by molar-refractivity contribution is 7.11. The van der Waals surface area contributed by atoms with Crippen molar-refractivity contribution in [2.45, 2.75) is 69.4 Å². The number of benzene rings is 2. The lowest BCUT2D eigenvalue weighted by Crippen LogP contribution is -2.38. The summed E-state index contributed by atoms with van der Waals surface area (Å²) in [6.07, 6.45) is 6.02. The van der Waals surface area contributed by atoms with Gasteiger partial charge in [-0.1, -0.05) is 24.3 Å². The van der Waals surface area contributed by atoms with Crippen molar-refractivity contribution in [3.8, 4) is 5.75 Å². The Kier molecular flexibility index (Phi) is 14.1. The van der Waals surface area contributed by atoms with E-state index in [0.717, 1.165) is 60.5 Å². The molecule has 4 heterocycles. The maximum atomic E-state index is 13.1. The Labute approximate surface area is 319 Å². The Bertz CT molecular complexity index is 2110. The fourth-order valence-corrected chi connectivity index (χ4v) is 9.01. The predicted octanol–water partition coefficient (Wildman–Crippen LogP) is 7.38. The first-order chi connectivity index (χ1) is 25.3. The van der Waals surface area contributed by atoms with Gasteiger partial charge in [0.2, 0.25) is 5.56 Å². The molecule has 0 bridgehead atoms. The van der Waals surface area contributed by atoms with Gasteiger partial charge in [0.05, 0.1) is 11.6 Å². The van der Waals surface area contributed by atoms with Gasteiger partial charge in [0.1, 0.15) is 17.8 Å². The number of thiophene rings is 2. The van der Waals surface area contributed by atoms with Crippen LogP contribution in [-0.2, 0) is 27.7 Å². The molecule has 54 heavy (non-hydrogen) atoms. The third kappa shape index (κ3) is 9.43. The third-order valence-electron chi connectivity index (χ3n) is 10.1. The molecule has 0 unspecified atom stereocenters. The predicted molar refractivity (Wildman–Crippen MR) is 211 cm³/mol. The largest absolute Gasteiger partial charge is 0.506 e. The normalized spacial score (nSPS) is 16.4. The van der Waals surface area contributed by atoms with Crippen LogP contribution in [0.5, 0.6) is 5.75 Å². The summed E-state index contributed by atoms with van der Waals surface area (Å²) in [5.74, 6) is -0.824. The molecule has 1 atom stereocenters. The highest BCUT2D eigenvalue weighted by atomic mass is 32.1. The van der Waals surface area contributed by atoms with Gasteiger partial charge < -0.3 is 30.0 Å². The van der Waals surface area contributed by atoms with Crippen LogP contribution in [0.15, 0.2) is 94.5 Å². The van der Waals surface area contributed by atoms with E-state index in [0.29, 0.717) is 35.6 Å². The summed E-state index contributed by atoms with van der Waals surface area (Å²) in [5, 5.41) is 30.1. The fourth-order valence-electron chi connectivity index (χ4n) is 7.27. The van der Waals surface area contributed by atoms with Gasteiger partial charge in [-0.15, -0.1) is 22.7 Å². The van der Waals surface area contributed by atoms with Crippen LogP contribution < -0.4 is 10.9 Å². The van der Waals surface area contributed by atoms with Gasteiger partial charge in [0, 0.05) is 58.6 Å². The maximum absolute atomic E-state index is 13.1. The number of halogens is 2. The molecule has 0 spiro atoms. The second-order valence-corrected chi connectivity index (χ2v) is 15.5. The van der Waals surface area contributed by atoms with Crippen LogP contribution in [0.3, 0.4) is 0 Å². The molecular formula is C40H46F2N4O6S2. The summed E-state index contributed by atoms with van der Waals surface area (Å²) >= 11 is 3.11. The minimum Gasteiger partial charge on any atom is -0.506 e. The summed E-state index contributed by atoms with van der Waals surface area (Å²) in [5.41, 5.74) is 2.98. The number of H-pyrrole nitrogens is 1. The molecule has 288 valence electrons. The SMILES string of the molecule is CN(CCCn1ccc2cc(CNC[C@H](O)c3ccc(O)c4[nH]c(=O)ccc34)ccc21)C1CCC(OOC(=O)C(c2cccs2)c2cccs2)CC1.F.F. The van der Waals surface area contributed by atoms with Gasteiger partial charge in [0.25, 0.3) is 0 Å². The van der Waals surface area contributed by atoms with E-state index in [1.807, 2.05) is 35.0 Å². The van der Waals surface area contributed by atoms with Crippen LogP contribution >= 0.6 is 22.7 Å².